The number of benzene rings is 2. The normalized spacial score (nSPS) is 16.7. The van der Waals surface area contributed by atoms with Crippen LogP contribution in [0, 0.1) is 0 Å². The van der Waals surface area contributed by atoms with E-state index in [0.717, 1.165) is 20.8 Å². The van der Waals surface area contributed by atoms with Crippen LogP contribution in [0.1, 0.15) is 15.9 Å². The van der Waals surface area contributed by atoms with Crippen molar-refractivity contribution in [2.45, 2.75) is 23.4 Å². The number of aromatic amines is 1. The fourth-order valence-corrected chi connectivity index (χ4v) is 6.57. The molecule has 11 nitrogen and oxygen atoms in total. The lowest BCUT2D eigenvalue weighted by molar-refractivity contribution is -0.145. The minimum absolute atomic E-state index is 0.0214. The topological polar surface area (TPSA) is 142 Å². The van der Waals surface area contributed by atoms with E-state index in [2.05, 4.69) is 15.3 Å². The van der Waals surface area contributed by atoms with Gasteiger partial charge >= 0.3 is 5.97 Å². The Morgan fingerprint density at radius 1 is 1.05 bits per heavy atom. The number of rotatable bonds is 8. The number of piperazine rings is 1. The third-order valence-electron chi connectivity index (χ3n) is 7.08. The second-order valence-corrected chi connectivity index (χ2v) is 11.5. The van der Waals surface area contributed by atoms with Crippen LogP contribution in [-0.2, 0) is 30.8 Å². The van der Waals surface area contributed by atoms with Crippen molar-refractivity contribution in [3.05, 3.63) is 96.4 Å². The number of nitrogens with zero attached hydrogens (tertiary/aromatic N) is 3. The molecule has 41 heavy (non-hydrogen) atoms. The number of hydrogen-bond acceptors (Lipinski definition) is 7. The molecule has 1 saturated heterocycles. The smallest absolute Gasteiger partial charge is 0.328 e. The van der Waals surface area contributed by atoms with Crippen LogP contribution in [0.4, 0.5) is 0 Å². The summed E-state index contributed by atoms with van der Waals surface area (Å²) in [5, 5.41) is 3.59. The number of pyridine rings is 1. The van der Waals surface area contributed by atoms with Gasteiger partial charge in [0, 0.05) is 55.5 Å². The highest BCUT2D eigenvalue weighted by atomic mass is 32.2. The first kappa shape index (κ1) is 28.0. The molecule has 2 amide bonds. The molecule has 2 unspecified atom stereocenters. The van der Waals surface area contributed by atoms with E-state index in [9.17, 15) is 22.8 Å². The van der Waals surface area contributed by atoms with Gasteiger partial charge in [0.05, 0.1) is 17.6 Å². The van der Waals surface area contributed by atoms with Crippen molar-refractivity contribution in [3.63, 3.8) is 0 Å². The van der Waals surface area contributed by atoms with Crippen molar-refractivity contribution in [2.75, 3.05) is 26.7 Å². The molecular formula is C29H29N5O6S. The number of carbonyl (C=O) groups is 3. The molecule has 0 saturated carbocycles. The summed E-state index contributed by atoms with van der Waals surface area (Å²) in [6, 6.07) is 16.2. The maximum absolute atomic E-state index is 13.8. The molecule has 0 bridgehead atoms. The van der Waals surface area contributed by atoms with E-state index < -0.39 is 34.0 Å². The van der Waals surface area contributed by atoms with Crippen molar-refractivity contribution < 1.29 is 27.5 Å². The van der Waals surface area contributed by atoms with Crippen molar-refractivity contribution in [1.82, 2.24) is 24.5 Å². The van der Waals surface area contributed by atoms with Crippen molar-refractivity contribution in [1.29, 1.82) is 0 Å². The monoisotopic (exact) mass is 575 g/mol. The fourth-order valence-electron chi connectivity index (χ4n) is 4.98. The molecule has 1 aliphatic heterocycles. The van der Waals surface area contributed by atoms with E-state index in [1.807, 2.05) is 24.3 Å². The summed E-state index contributed by atoms with van der Waals surface area (Å²) in [7, 11) is -2.89. The largest absolute Gasteiger partial charge is 0.467 e. The second-order valence-electron chi connectivity index (χ2n) is 9.59. The molecule has 12 heteroatoms. The van der Waals surface area contributed by atoms with E-state index in [4.69, 9.17) is 4.74 Å². The summed E-state index contributed by atoms with van der Waals surface area (Å²) in [5.41, 5.74) is 1.97. The summed E-state index contributed by atoms with van der Waals surface area (Å²) >= 11 is 0. The Bertz CT molecular complexity index is 1660. The van der Waals surface area contributed by atoms with Crippen LogP contribution in [0.5, 0.6) is 0 Å². The second kappa shape index (κ2) is 11.9. The summed E-state index contributed by atoms with van der Waals surface area (Å²) in [5.74, 6) is -1.78. The summed E-state index contributed by atoms with van der Waals surface area (Å²) in [4.78, 5) is 48.4. The van der Waals surface area contributed by atoms with E-state index in [1.54, 1.807) is 36.5 Å². The van der Waals surface area contributed by atoms with Gasteiger partial charge in [-0.1, -0.05) is 36.4 Å². The SMILES string of the molecule is COC(=O)C(Cc1c[nH]c2ccccc12)NC(=O)C1CN(C(=O)c2cccnc2)CCN1S(=O)(=O)c1ccccc1. The van der Waals surface area contributed by atoms with Gasteiger partial charge < -0.3 is 19.9 Å². The lowest BCUT2D eigenvalue weighted by Crippen LogP contribution is -2.62. The van der Waals surface area contributed by atoms with Gasteiger partial charge in [-0.2, -0.15) is 4.31 Å². The van der Waals surface area contributed by atoms with Crippen molar-refractivity contribution in [3.8, 4) is 0 Å². The van der Waals surface area contributed by atoms with Crippen LogP contribution in [0.3, 0.4) is 0 Å². The number of esters is 1. The first-order chi connectivity index (χ1) is 19.8. The number of amides is 2. The zero-order chi connectivity index (χ0) is 29.0. The maximum atomic E-state index is 13.8. The lowest BCUT2D eigenvalue weighted by Gasteiger charge is -2.40. The van der Waals surface area contributed by atoms with E-state index >= 15 is 0 Å². The lowest BCUT2D eigenvalue weighted by atomic mass is 10.0. The zero-order valence-electron chi connectivity index (χ0n) is 22.3. The number of ether oxygens (including phenoxy) is 1. The Kier molecular flexibility index (Phi) is 8.13. The van der Waals surface area contributed by atoms with Gasteiger partial charge in [0.25, 0.3) is 5.91 Å². The molecule has 2 N–H and O–H groups in total. The Morgan fingerprint density at radius 2 is 1.80 bits per heavy atom. The van der Waals surface area contributed by atoms with Crippen LogP contribution < -0.4 is 5.32 Å². The molecule has 2 aromatic carbocycles. The van der Waals surface area contributed by atoms with Crippen LogP contribution in [0.15, 0.2) is 90.2 Å². The molecule has 3 heterocycles. The molecule has 0 spiro atoms. The third-order valence-corrected chi connectivity index (χ3v) is 9.00. The van der Waals surface area contributed by atoms with Crippen molar-refractivity contribution in [2.24, 2.45) is 0 Å². The van der Waals surface area contributed by atoms with Gasteiger partial charge in [-0.15, -0.1) is 0 Å². The number of methoxy groups -OCH3 is 1. The van der Waals surface area contributed by atoms with Crippen molar-refractivity contribution >= 4 is 38.7 Å². The first-order valence-corrected chi connectivity index (χ1v) is 14.4. The summed E-state index contributed by atoms with van der Waals surface area (Å²) in [6.07, 6.45) is 4.82. The van der Waals surface area contributed by atoms with Crippen LogP contribution in [0.25, 0.3) is 10.9 Å². The number of nitrogens with one attached hydrogen (secondary N) is 2. The fraction of sp³-hybridized carbons (Fsp3) is 0.241. The summed E-state index contributed by atoms with van der Waals surface area (Å²) < 4.78 is 33.4. The van der Waals surface area contributed by atoms with Gasteiger partial charge in [-0.05, 0) is 35.9 Å². The molecule has 0 radical (unpaired) electrons. The van der Waals surface area contributed by atoms with Gasteiger partial charge in [0.15, 0.2) is 0 Å². The maximum Gasteiger partial charge on any atom is 0.328 e. The Balaban J connectivity index is 1.45. The van der Waals surface area contributed by atoms with Gasteiger partial charge in [0.2, 0.25) is 15.9 Å². The molecule has 4 aromatic rings. The van der Waals surface area contributed by atoms with Gasteiger partial charge in [0.1, 0.15) is 12.1 Å². The Labute approximate surface area is 237 Å². The number of H-pyrrole nitrogens is 1. The number of hydrogen-bond donors (Lipinski definition) is 2. The molecular weight excluding hydrogens is 546 g/mol. The first-order valence-electron chi connectivity index (χ1n) is 13.0. The highest BCUT2D eigenvalue weighted by Crippen LogP contribution is 2.24. The molecule has 0 aliphatic carbocycles. The standard InChI is InChI=1S/C29H29N5O6S/c1-40-29(37)25(16-21-18-31-24-12-6-5-11-23(21)24)32-27(35)26-19-33(28(36)20-8-7-13-30-17-20)14-15-34(26)41(38,39)22-9-3-2-4-10-22/h2-13,17-18,25-26,31H,14-16,19H2,1H3,(H,32,35). The van der Waals surface area contributed by atoms with Gasteiger partial charge in [-0.25, -0.2) is 13.2 Å². The van der Waals surface area contributed by atoms with E-state index in [0.29, 0.717) is 5.56 Å². The van der Waals surface area contributed by atoms with Crippen LogP contribution >= 0.6 is 0 Å². The van der Waals surface area contributed by atoms with E-state index in [1.165, 1.54) is 36.5 Å². The number of aromatic nitrogens is 2. The zero-order valence-corrected chi connectivity index (χ0v) is 23.1. The highest BCUT2D eigenvalue weighted by molar-refractivity contribution is 7.89. The molecule has 5 rings (SSSR count). The molecule has 2 aromatic heterocycles. The van der Waals surface area contributed by atoms with Crippen LogP contribution in [-0.4, -0.2) is 84.2 Å². The molecule has 1 fully saturated rings. The number of para-hydroxylation sites is 1. The van der Waals surface area contributed by atoms with E-state index in [-0.39, 0.29) is 36.9 Å². The summed E-state index contributed by atoms with van der Waals surface area (Å²) in [6.45, 7) is -0.265. The van der Waals surface area contributed by atoms with Crippen LogP contribution in [0.2, 0.25) is 0 Å². The van der Waals surface area contributed by atoms with Gasteiger partial charge in [-0.3, -0.25) is 14.6 Å². The number of fused-ring (bicyclic) bond motifs is 1. The quantitative estimate of drug-likeness (QED) is 0.306. The predicted molar refractivity (Wildman–Crippen MR) is 150 cm³/mol. The molecule has 1 aliphatic rings. The Morgan fingerprint density at radius 3 is 2.54 bits per heavy atom. The molecule has 212 valence electrons. The average molecular weight is 576 g/mol. The number of sulfonamides is 1. The minimum atomic E-state index is -4.11. The Hall–Kier alpha value is -4.55. The third kappa shape index (κ3) is 5.83. The molecule has 2 atom stereocenters. The number of carbonyl (C=O) groups excluding carboxylic acids is 3. The predicted octanol–water partition coefficient (Wildman–Crippen LogP) is 1.98. The minimum Gasteiger partial charge on any atom is -0.467 e. The average Bonchev–Trinajstić information content (AvgIpc) is 3.43. The highest BCUT2D eigenvalue weighted by Gasteiger charge is 2.42.